The van der Waals surface area contributed by atoms with Crippen molar-refractivity contribution in [3.05, 3.63) is 59.9 Å². The summed E-state index contributed by atoms with van der Waals surface area (Å²) in [4.78, 5) is 20.3. The normalized spacial score (nSPS) is 10.4. The zero-order valence-corrected chi connectivity index (χ0v) is 10.3. The van der Waals surface area contributed by atoms with Gasteiger partial charge in [0, 0.05) is 18.0 Å². The highest BCUT2D eigenvalue weighted by Crippen LogP contribution is 2.12. The van der Waals surface area contributed by atoms with Gasteiger partial charge in [-0.1, -0.05) is 11.2 Å². The van der Waals surface area contributed by atoms with E-state index in [0.29, 0.717) is 11.3 Å². The van der Waals surface area contributed by atoms with Gasteiger partial charge in [-0.2, -0.15) is 0 Å². The average Bonchev–Trinajstić information content (AvgIpc) is 2.48. The second-order valence-electron chi connectivity index (χ2n) is 3.63. The van der Waals surface area contributed by atoms with Gasteiger partial charge in [0.25, 0.3) is 0 Å². The number of carbonyl (C=O) groups excluding carboxylic acids is 1. The lowest BCUT2D eigenvalue weighted by Gasteiger charge is -2.00. The Morgan fingerprint density at radius 1 is 1.26 bits per heavy atom. The summed E-state index contributed by atoms with van der Waals surface area (Å²) in [5, 5.41) is 3.61. The van der Waals surface area contributed by atoms with Gasteiger partial charge in [-0.05, 0) is 30.3 Å². The Labute approximate surface area is 110 Å². The monoisotopic (exact) mass is 256 g/mol. The lowest BCUT2D eigenvalue weighted by Crippen LogP contribution is -2.01. The topological polar surface area (TPSA) is 60.8 Å². The van der Waals surface area contributed by atoms with E-state index in [-0.39, 0.29) is 0 Å². The van der Waals surface area contributed by atoms with E-state index in [1.165, 1.54) is 6.21 Å². The van der Waals surface area contributed by atoms with Gasteiger partial charge < -0.3 is 9.57 Å². The summed E-state index contributed by atoms with van der Waals surface area (Å²) in [6, 6.07) is 10.2. The molecule has 1 heterocycles. The van der Waals surface area contributed by atoms with Crippen LogP contribution in [0.4, 0.5) is 0 Å². The molecule has 0 bridgehead atoms. The molecular formula is C14H12N2O3. The lowest BCUT2D eigenvalue weighted by atomic mass is 10.2. The first-order chi connectivity index (χ1) is 9.29. The first-order valence-electron chi connectivity index (χ1n) is 5.58. The number of methoxy groups -OCH3 is 1. The third-order valence-corrected chi connectivity index (χ3v) is 2.35. The molecule has 96 valence electrons. The number of hydrogen-bond donors (Lipinski definition) is 0. The van der Waals surface area contributed by atoms with Gasteiger partial charge in [-0.3, -0.25) is 4.98 Å². The fourth-order valence-corrected chi connectivity index (χ4v) is 1.37. The minimum Gasteiger partial charge on any atom is -0.497 e. The van der Waals surface area contributed by atoms with Crippen molar-refractivity contribution in [3.63, 3.8) is 0 Å². The number of oxime groups is 1. The van der Waals surface area contributed by atoms with Crippen LogP contribution in [0.25, 0.3) is 0 Å². The van der Waals surface area contributed by atoms with Gasteiger partial charge in [-0.15, -0.1) is 0 Å². The molecule has 5 nitrogen and oxygen atoms in total. The van der Waals surface area contributed by atoms with E-state index in [9.17, 15) is 4.79 Å². The number of aromatic nitrogens is 1. The Balaban J connectivity index is 1.95. The number of hydrogen-bond acceptors (Lipinski definition) is 5. The summed E-state index contributed by atoms with van der Waals surface area (Å²) >= 11 is 0. The standard InChI is InChI=1S/C14H12N2O3/c1-18-13-6-4-12(5-7-13)14(17)19-16-10-11-3-2-8-15-9-11/h2-10H,1H3/b16-10+. The number of carbonyl (C=O) groups is 1. The predicted molar refractivity (Wildman–Crippen MR) is 70.2 cm³/mol. The molecule has 1 aromatic heterocycles. The molecule has 0 spiro atoms. The van der Waals surface area contributed by atoms with Crippen LogP contribution in [0.2, 0.25) is 0 Å². The Kier molecular flexibility index (Phi) is 4.23. The molecule has 0 N–H and O–H groups in total. The fourth-order valence-electron chi connectivity index (χ4n) is 1.37. The van der Waals surface area contributed by atoms with E-state index in [1.807, 2.05) is 0 Å². The second kappa shape index (κ2) is 6.30. The van der Waals surface area contributed by atoms with Crippen molar-refractivity contribution in [1.82, 2.24) is 4.98 Å². The third-order valence-electron chi connectivity index (χ3n) is 2.35. The van der Waals surface area contributed by atoms with Crippen molar-refractivity contribution in [3.8, 4) is 5.75 Å². The van der Waals surface area contributed by atoms with Crippen LogP contribution in [0, 0.1) is 0 Å². The van der Waals surface area contributed by atoms with Crippen LogP contribution < -0.4 is 4.74 Å². The summed E-state index contributed by atoms with van der Waals surface area (Å²) in [5.41, 5.74) is 1.16. The SMILES string of the molecule is COc1ccc(C(=O)O/N=C/c2cccnc2)cc1. The quantitative estimate of drug-likeness (QED) is 0.478. The van der Waals surface area contributed by atoms with E-state index in [0.717, 1.165) is 5.56 Å². The maximum atomic E-state index is 11.6. The molecule has 0 saturated heterocycles. The number of benzene rings is 1. The molecule has 0 fully saturated rings. The summed E-state index contributed by atoms with van der Waals surface area (Å²) in [6.07, 6.45) is 4.69. The Hall–Kier alpha value is -2.69. The summed E-state index contributed by atoms with van der Waals surface area (Å²) < 4.78 is 5.00. The number of ether oxygens (including phenoxy) is 1. The van der Waals surface area contributed by atoms with E-state index in [4.69, 9.17) is 9.57 Å². The van der Waals surface area contributed by atoms with Gasteiger partial charge in [0.05, 0.1) is 18.9 Å². The maximum Gasteiger partial charge on any atom is 0.365 e. The Bertz CT molecular complexity index is 565. The van der Waals surface area contributed by atoms with Crippen LogP contribution >= 0.6 is 0 Å². The zero-order valence-electron chi connectivity index (χ0n) is 10.3. The van der Waals surface area contributed by atoms with Crippen molar-refractivity contribution >= 4 is 12.2 Å². The molecule has 5 heteroatoms. The Morgan fingerprint density at radius 2 is 2.05 bits per heavy atom. The molecule has 0 saturated carbocycles. The summed E-state index contributed by atoms with van der Waals surface area (Å²) in [5.74, 6) is 0.151. The van der Waals surface area contributed by atoms with Gasteiger partial charge in [0.1, 0.15) is 5.75 Å². The molecule has 0 unspecified atom stereocenters. The maximum absolute atomic E-state index is 11.6. The molecule has 2 aromatic rings. The average molecular weight is 256 g/mol. The summed E-state index contributed by atoms with van der Waals surface area (Å²) in [6.45, 7) is 0. The predicted octanol–water partition coefficient (Wildman–Crippen LogP) is 2.28. The molecular weight excluding hydrogens is 244 g/mol. The first kappa shape index (κ1) is 12.8. The van der Waals surface area contributed by atoms with E-state index < -0.39 is 5.97 Å². The molecule has 1 aromatic carbocycles. The highest BCUT2D eigenvalue weighted by Gasteiger charge is 2.06. The van der Waals surface area contributed by atoms with E-state index in [1.54, 1.807) is 55.9 Å². The molecule has 0 aliphatic heterocycles. The number of rotatable bonds is 4. The molecule has 0 aliphatic rings. The first-order valence-corrected chi connectivity index (χ1v) is 5.58. The summed E-state index contributed by atoms with van der Waals surface area (Å²) in [7, 11) is 1.56. The zero-order chi connectivity index (χ0) is 13.5. The third kappa shape index (κ3) is 3.64. The molecule has 2 rings (SSSR count). The number of nitrogens with zero attached hydrogens (tertiary/aromatic N) is 2. The van der Waals surface area contributed by atoms with Crippen LogP contribution in [0.3, 0.4) is 0 Å². The highest BCUT2D eigenvalue weighted by molar-refractivity contribution is 5.90. The van der Waals surface area contributed by atoms with Crippen LogP contribution in [0.1, 0.15) is 15.9 Å². The minimum absolute atomic E-state index is 0.407. The van der Waals surface area contributed by atoms with Crippen LogP contribution in [0.5, 0.6) is 5.75 Å². The molecule has 0 aliphatic carbocycles. The van der Waals surface area contributed by atoms with E-state index >= 15 is 0 Å². The van der Waals surface area contributed by atoms with Crippen molar-refractivity contribution in [2.45, 2.75) is 0 Å². The van der Waals surface area contributed by atoms with Crippen LogP contribution in [-0.4, -0.2) is 24.3 Å². The second-order valence-corrected chi connectivity index (χ2v) is 3.63. The molecule has 0 radical (unpaired) electrons. The lowest BCUT2D eigenvalue weighted by molar-refractivity contribution is 0.0519. The molecule has 0 atom stereocenters. The smallest absolute Gasteiger partial charge is 0.365 e. The molecule has 19 heavy (non-hydrogen) atoms. The highest BCUT2D eigenvalue weighted by atomic mass is 16.7. The molecule has 0 amide bonds. The Morgan fingerprint density at radius 3 is 2.68 bits per heavy atom. The number of pyridine rings is 1. The van der Waals surface area contributed by atoms with Gasteiger partial charge in [0.2, 0.25) is 0 Å². The fraction of sp³-hybridized carbons (Fsp3) is 0.0714. The van der Waals surface area contributed by atoms with Crippen molar-refractivity contribution < 1.29 is 14.4 Å². The van der Waals surface area contributed by atoms with Gasteiger partial charge >= 0.3 is 5.97 Å². The van der Waals surface area contributed by atoms with Crippen LogP contribution in [0.15, 0.2) is 53.9 Å². The van der Waals surface area contributed by atoms with Crippen molar-refractivity contribution in [1.29, 1.82) is 0 Å². The van der Waals surface area contributed by atoms with E-state index in [2.05, 4.69) is 10.1 Å². The van der Waals surface area contributed by atoms with Crippen LogP contribution in [-0.2, 0) is 4.84 Å². The largest absolute Gasteiger partial charge is 0.497 e. The van der Waals surface area contributed by atoms with Crippen molar-refractivity contribution in [2.75, 3.05) is 7.11 Å². The van der Waals surface area contributed by atoms with Gasteiger partial charge in [-0.25, -0.2) is 4.79 Å². The minimum atomic E-state index is -0.525. The van der Waals surface area contributed by atoms with Crippen molar-refractivity contribution in [2.24, 2.45) is 5.16 Å². The van der Waals surface area contributed by atoms with Gasteiger partial charge in [0.15, 0.2) is 0 Å².